The summed E-state index contributed by atoms with van der Waals surface area (Å²) in [4.78, 5) is 48.1. The van der Waals surface area contributed by atoms with Gasteiger partial charge in [-0.05, 0) is 19.4 Å². The molecule has 0 aliphatic heterocycles. The molecule has 0 fully saturated rings. The number of hydrogen-bond donors (Lipinski definition) is 1. The van der Waals surface area contributed by atoms with Crippen LogP contribution >= 0.6 is 0 Å². The molecule has 0 bridgehead atoms. The Labute approximate surface area is 192 Å². The first-order valence-corrected chi connectivity index (χ1v) is 8.51. The minimum atomic E-state index is -1.05. The van der Waals surface area contributed by atoms with Crippen molar-refractivity contribution in [1.82, 2.24) is 4.57 Å². The van der Waals surface area contributed by atoms with Crippen LogP contribution in [0.15, 0.2) is 23.1 Å². The van der Waals surface area contributed by atoms with Gasteiger partial charge < -0.3 is 19.8 Å². The van der Waals surface area contributed by atoms with Gasteiger partial charge in [0.1, 0.15) is 12.1 Å². The molecule has 2 rings (SSSR count). The number of esters is 2. The topological polar surface area (TPSA) is 141 Å². The van der Waals surface area contributed by atoms with Crippen LogP contribution in [0.25, 0.3) is 10.9 Å². The summed E-state index contributed by atoms with van der Waals surface area (Å²) >= 11 is 0. The molecule has 9 nitrogen and oxygen atoms in total. The molecule has 11 heteroatoms. The molecule has 2 N–H and O–H groups in total. The standard InChI is InChI=1S/C19H17FN3O6.Na/c1-3-28-18(26)12(7-21)10-6-15-11(5-14(10)20)17(25)13(19(27)29-4-2)8-23(15)9-16(22)24;/h5-6,8H,3-4,9H2,1-2H3,(H2,22,24);/q-1;+1. The zero-order valence-corrected chi connectivity index (χ0v) is 18.7. The number of carbonyl (C=O) groups excluding carboxylic acids is 3. The summed E-state index contributed by atoms with van der Waals surface area (Å²) in [6, 6.07) is 3.42. The van der Waals surface area contributed by atoms with Gasteiger partial charge in [0.15, 0.2) is 0 Å². The Morgan fingerprint density at radius 3 is 2.40 bits per heavy atom. The van der Waals surface area contributed by atoms with Crippen LogP contribution in [-0.2, 0) is 25.6 Å². The average molecular weight is 425 g/mol. The number of nitrogens with zero attached hydrogens (tertiary/aromatic N) is 2. The molecular formula is C19H17FN3NaO6. The van der Waals surface area contributed by atoms with Gasteiger partial charge in [-0.25, -0.2) is 10.1 Å². The molecule has 0 unspecified atom stereocenters. The number of halogens is 1. The molecule has 30 heavy (non-hydrogen) atoms. The second kappa shape index (κ2) is 10.8. The number of carbonyl (C=O) groups is 3. The summed E-state index contributed by atoms with van der Waals surface area (Å²) < 4.78 is 25.4. The van der Waals surface area contributed by atoms with Crippen LogP contribution in [0.2, 0.25) is 0 Å². The Balaban J connectivity index is 0.00000450. The average Bonchev–Trinajstić information content (AvgIpc) is 2.65. The third-order valence-corrected chi connectivity index (χ3v) is 3.85. The summed E-state index contributed by atoms with van der Waals surface area (Å²) in [5.41, 5.74) is 3.55. The smallest absolute Gasteiger partial charge is 0.471 e. The van der Waals surface area contributed by atoms with E-state index >= 15 is 0 Å². The van der Waals surface area contributed by atoms with E-state index < -0.39 is 52.7 Å². The molecule has 152 valence electrons. The number of fused-ring (bicyclic) bond motifs is 1. The fraction of sp³-hybridized carbons (Fsp3) is 0.263. The number of ether oxygens (including phenoxy) is 2. The van der Waals surface area contributed by atoms with E-state index in [4.69, 9.17) is 15.2 Å². The summed E-state index contributed by atoms with van der Waals surface area (Å²) in [5.74, 6) is -4.45. The number of primary amides is 1. The van der Waals surface area contributed by atoms with Gasteiger partial charge in [-0.3, -0.25) is 18.8 Å². The molecule has 1 aromatic heterocycles. The Morgan fingerprint density at radius 1 is 1.23 bits per heavy atom. The Hall–Kier alpha value is -2.87. The minimum Gasteiger partial charge on any atom is -0.471 e. The molecule has 0 aliphatic rings. The Bertz CT molecular complexity index is 1090. The summed E-state index contributed by atoms with van der Waals surface area (Å²) in [6.45, 7) is 2.58. The van der Waals surface area contributed by atoms with Gasteiger partial charge in [-0.2, -0.15) is 0 Å². The van der Waals surface area contributed by atoms with Crippen LogP contribution in [0, 0.1) is 23.1 Å². The van der Waals surface area contributed by atoms with Crippen molar-refractivity contribution in [3.05, 3.63) is 51.4 Å². The van der Waals surface area contributed by atoms with Crippen LogP contribution in [0.3, 0.4) is 0 Å². The minimum absolute atomic E-state index is 0. The van der Waals surface area contributed by atoms with Crippen molar-refractivity contribution < 1.29 is 57.8 Å². The fourth-order valence-corrected chi connectivity index (χ4v) is 2.67. The number of aromatic nitrogens is 1. The molecule has 0 saturated carbocycles. The van der Waals surface area contributed by atoms with E-state index in [2.05, 4.69) is 0 Å². The van der Waals surface area contributed by atoms with Crippen LogP contribution in [0.4, 0.5) is 4.39 Å². The molecule has 0 radical (unpaired) electrons. The summed E-state index contributed by atoms with van der Waals surface area (Å²) in [6.07, 6.45) is 1.06. The van der Waals surface area contributed by atoms with E-state index in [-0.39, 0.29) is 53.7 Å². The van der Waals surface area contributed by atoms with Crippen molar-refractivity contribution in [2.75, 3.05) is 13.2 Å². The van der Waals surface area contributed by atoms with Gasteiger partial charge in [0.2, 0.25) is 11.3 Å². The SMILES string of the molecule is CCOC(=O)c1cn(CC(N)=O)c2cc([C-](C#N)C(=O)OCC)c(F)cc2c1=O.[Na+]. The zero-order chi connectivity index (χ0) is 21.7. The molecular weight excluding hydrogens is 408 g/mol. The summed E-state index contributed by atoms with van der Waals surface area (Å²) in [7, 11) is 0. The molecule has 0 aliphatic carbocycles. The predicted octanol–water partition coefficient (Wildman–Crippen LogP) is -2.18. The molecule has 1 aromatic carbocycles. The number of pyridine rings is 1. The second-order valence-electron chi connectivity index (χ2n) is 5.74. The molecule has 2 aromatic rings. The van der Waals surface area contributed by atoms with Gasteiger partial charge >= 0.3 is 35.5 Å². The van der Waals surface area contributed by atoms with Gasteiger partial charge in [0, 0.05) is 29.4 Å². The van der Waals surface area contributed by atoms with Gasteiger partial charge in [0.25, 0.3) is 5.97 Å². The number of nitrogens with two attached hydrogens (primary N) is 1. The van der Waals surface area contributed by atoms with Crippen molar-refractivity contribution in [2.45, 2.75) is 20.4 Å². The summed E-state index contributed by atoms with van der Waals surface area (Å²) in [5, 5.41) is 9.01. The second-order valence-corrected chi connectivity index (χ2v) is 5.74. The van der Waals surface area contributed by atoms with Crippen LogP contribution in [0.5, 0.6) is 0 Å². The predicted molar refractivity (Wildman–Crippen MR) is 97.9 cm³/mol. The third kappa shape index (κ3) is 5.18. The molecule has 1 heterocycles. The first-order chi connectivity index (χ1) is 13.7. The van der Waals surface area contributed by atoms with Crippen molar-refractivity contribution in [3.63, 3.8) is 0 Å². The van der Waals surface area contributed by atoms with Crippen molar-refractivity contribution >= 4 is 28.7 Å². The first kappa shape index (κ1) is 25.2. The molecule has 0 saturated heterocycles. The Kier molecular flexibility index (Phi) is 9.04. The van der Waals surface area contributed by atoms with Crippen molar-refractivity contribution in [3.8, 4) is 6.07 Å². The monoisotopic (exact) mass is 425 g/mol. The zero-order valence-electron chi connectivity index (χ0n) is 16.7. The van der Waals surface area contributed by atoms with E-state index in [1.807, 2.05) is 0 Å². The maximum absolute atomic E-state index is 14.7. The number of benzene rings is 1. The van der Waals surface area contributed by atoms with Crippen LogP contribution in [-0.4, -0.2) is 35.6 Å². The molecule has 0 atom stereocenters. The maximum atomic E-state index is 14.7. The van der Waals surface area contributed by atoms with E-state index in [1.54, 1.807) is 13.0 Å². The van der Waals surface area contributed by atoms with E-state index in [0.29, 0.717) is 0 Å². The van der Waals surface area contributed by atoms with Crippen molar-refractivity contribution in [1.29, 1.82) is 5.26 Å². The fourth-order valence-electron chi connectivity index (χ4n) is 2.67. The molecule has 1 amide bonds. The Morgan fingerprint density at radius 2 is 1.87 bits per heavy atom. The van der Waals surface area contributed by atoms with E-state index in [1.165, 1.54) is 6.92 Å². The van der Waals surface area contributed by atoms with Crippen molar-refractivity contribution in [2.24, 2.45) is 5.73 Å². The largest absolute Gasteiger partial charge is 1.00 e. The maximum Gasteiger partial charge on any atom is 1.00 e. The van der Waals surface area contributed by atoms with E-state index in [9.17, 15) is 28.8 Å². The van der Waals surface area contributed by atoms with E-state index in [0.717, 1.165) is 22.9 Å². The van der Waals surface area contributed by atoms with Gasteiger partial charge in [-0.1, -0.05) is 6.07 Å². The van der Waals surface area contributed by atoms with Gasteiger partial charge in [-0.15, -0.1) is 11.6 Å². The number of hydrogen-bond acceptors (Lipinski definition) is 7. The van der Waals surface area contributed by atoms with Crippen LogP contribution in [0.1, 0.15) is 29.8 Å². The molecule has 0 spiro atoms. The third-order valence-electron chi connectivity index (χ3n) is 3.85. The quantitative estimate of drug-likeness (QED) is 0.302. The first-order valence-electron chi connectivity index (χ1n) is 8.51. The normalized spacial score (nSPS) is 9.93. The number of rotatable bonds is 7. The number of nitriles is 1. The van der Waals surface area contributed by atoms with Crippen LogP contribution < -0.4 is 40.7 Å². The number of amides is 1. The van der Waals surface area contributed by atoms with Gasteiger partial charge in [0.05, 0.1) is 13.2 Å².